The van der Waals surface area contributed by atoms with Gasteiger partial charge in [-0.3, -0.25) is 11.3 Å². The van der Waals surface area contributed by atoms with Gasteiger partial charge in [-0.1, -0.05) is 38.5 Å². The second-order valence-corrected chi connectivity index (χ2v) is 4.93. The number of nitrogens with two attached hydrogens (primary N) is 1. The summed E-state index contributed by atoms with van der Waals surface area (Å²) in [4.78, 5) is 0. The van der Waals surface area contributed by atoms with Gasteiger partial charge in [0.1, 0.15) is 0 Å². The molecule has 0 fully saturated rings. The summed E-state index contributed by atoms with van der Waals surface area (Å²) in [6.07, 6.45) is 4.26. The number of nitrogens with one attached hydrogen (secondary N) is 1. The molecule has 4 heteroatoms. The molecule has 0 aliphatic rings. The van der Waals surface area contributed by atoms with Crippen molar-refractivity contribution in [2.24, 2.45) is 11.8 Å². The Labute approximate surface area is 114 Å². The van der Waals surface area contributed by atoms with Crippen LogP contribution < -0.4 is 11.3 Å². The molecule has 1 aromatic heterocycles. The monoisotopic (exact) mass is 258 g/mol. The molecule has 4 nitrogen and oxygen atoms in total. The van der Waals surface area contributed by atoms with Crippen LogP contribution in [-0.4, -0.2) is 9.78 Å². The highest BCUT2D eigenvalue weighted by molar-refractivity contribution is 5.30. The van der Waals surface area contributed by atoms with Crippen molar-refractivity contribution in [3.05, 3.63) is 48.3 Å². The second-order valence-electron chi connectivity index (χ2n) is 4.93. The standard InChI is InChI=1S/C15H22N4/c1-3-7-12(2)15(17-16)14-10-11-19(18-14)13-8-5-4-6-9-13/h4-6,8-12,15,17H,3,7,16H2,1-2H3. The van der Waals surface area contributed by atoms with Crippen molar-refractivity contribution in [3.8, 4) is 5.69 Å². The van der Waals surface area contributed by atoms with E-state index in [4.69, 9.17) is 5.84 Å². The Kier molecular flexibility index (Phi) is 4.71. The smallest absolute Gasteiger partial charge is 0.0814 e. The van der Waals surface area contributed by atoms with Gasteiger partial charge >= 0.3 is 0 Å². The summed E-state index contributed by atoms with van der Waals surface area (Å²) in [5.74, 6) is 6.15. The molecule has 2 atom stereocenters. The van der Waals surface area contributed by atoms with Crippen LogP contribution in [0.15, 0.2) is 42.6 Å². The van der Waals surface area contributed by atoms with Crippen molar-refractivity contribution < 1.29 is 0 Å². The SMILES string of the molecule is CCCC(C)C(NN)c1ccn(-c2ccccc2)n1. The molecular formula is C15H22N4. The average Bonchev–Trinajstić information content (AvgIpc) is 2.90. The molecule has 0 saturated heterocycles. The lowest BCUT2D eigenvalue weighted by Crippen LogP contribution is -2.33. The summed E-state index contributed by atoms with van der Waals surface area (Å²) in [6.45, 7) is 4.39. The number of hydrogen-bond donors (Lipinski definition) is 2. The number of para-hydroxylation sites is 1. The van der Waals surface area contributed by atoms with Crippen molar-refractivity contribution in [2.45, 2.75) is 32.7 Å². The van der Waals surface area contributed by atoms with E-state index in [2.05, 4.69) is 24.4 Å². The summed E-state index contributed by atoms with van der Waals surface area (Å²) in [7, 11) is 0. The molecule has 0 amide bonds. The van der Waals surface area contributed by atoms with Crippen molar-refractivity contribution in [2.75, 3.05) is 0 Å². The van der Waals surface area contributed by atoms with E-state index in [0.29, 0.717) is 5.92 Å². The van der Waals surface area contributed by atoms with E-state index in [1.54, 1.807) is 0 Å². The fourth-order valence-corrected chi connectivity index (χ4v) is 2.39. The molecule has 0 spiro atoms. The maximum absolute atomic E-state index is 5.68. The lowest BCUT2D eigenvalue weighted by Gasteiger charge is -2.20. The van der Waals surface area contributed by atoms with Crippen LogP contribution in [0.4, 0.5) is 0 Å². The molecule has 3 N–H and O–H groups in total. The van der Waals surface area contributed by atoms with E-state index in [1.807, 2.05) is 47.3 Å². The lowest BCUT2D eigenvalue weighted by molar-refractivity contribution is 0.360. The third-order valence-electron chi connectivity index (χ3n) is 3.44. The van der Waals surface area contributed by atoms with Gasteiger partial charge in [0.25, 0.3) is 0 Å². The quantitative estimate of drug-likeness (QED) is 0.619. The second kappa shape index (κ2) is 6.50. The Bertz CT molecular complexity index is 492. The van der Waals surface area contributed by atoms with E-state index in [-0.39, 0.29) is 6.04 Å². The first-order chi connectivity index (χ1) is 9.26. The molecule has 0 radical (unpaired) electrons. The fraction of sp³-hybridized carbons (Fsp3) is 0.400. The van der Waals surface area contributed by atoms with Crippen LogP contribution in [0.5, 0.6) is 0 Å². The zero-order chi connectivity index (χ0) is 13.7. The zero-order valence-corrected chi connectivity index (χ0v) is 11.6. The van der Waals surface area contributed by atoms with Crippen LogP contribution in [0.25, 0.3) is 5.69 Å². The van der Waals surface area contributed by atoms with Crippen LogP contribution >= 0.6 is 0 Å². The molecule has 1 heterocycles. The van der Waals surface area contributed by atoms with Gasteiger partial charge in [0, 0.05) is 6.20 Å². The number of nitrogens with zero attached hydrogens (tertiary/aromatic N) is 2. The van der Waals surface area contributed by atoms with Gasteiger partial charge in [-0.15, -0.1) is 0 Å². The number of hydrazine groups is 1. The Morgan fingerprint density at radius 3 is 2.63 bits per heavy atom. The molecule has 0 aliphatic heterocycles. The molecule has 0 bridgehead atoms. The minimum atomic E-state index is 0.102. The summed E-state index contributed by atoms with van der Waals surface area (Å²) >= 11 is 0. The first-order valence-corrected chi connectivity index (χ1v) is 6.83. The highest BCUT2D eigenvalue weighted by Crippen LogP contribution is 2.24. The molecule has 0 saturated carbocycles. The van der Waals surface area contributed by atoms with Crippen molar-refractivity contribution in [3.63, 3.8) is 0 Å². The third-order valence-corrected chi connectivity index (χ3v) is 3.44. The van der Waals surface area contributed by atoms with Gasteiger partial charge in [0.05, 0.1) is 17.4 Å². The van der Waals surface area contributed by atoms with E-state index >= 15 is 0 Å². The summed E-state index contributed by atoms with van der Waals surface area (Å²) in [5, 5.41) is 4.63. The Morgan fingerprint density at radius 1 is 1.26 bits per heavy atom. The first kappa shape index (κ1) is 13.8. The fourth-order valence-electron chi connectivity index (χ4n) is 2.39. The van der Waals surface area contributed by atoms with Gasteiger partial charge < -0.3 is 0 Å². The summed E-state index contributed by atoms with van der Waals surface area (Å²) < 4.78 is 1.89. The lowest BCUT2D eigenvalue weighted by atomic mass is 9.95. The number of rotatable bonds is 6. The van der Waals surface area contributed by atoms with Gasteiger partial charge in [-0.2, -0.15) is 5.10 Å². The molecule has 2 unspecified atom stereocenters. The van der Waals surface area contributed by atoms with E-state index < -0.39 is 0 Å². The molecule has 0 aliphatic carbocycles. The van der Waals surface area contributed by atoms with Crippen molar-refractivity contribution >= 4 is 0 Å². The third kappa shape index (κ3) is 3.22. The Hall–Kier alpha value is -1.65. The number of hydrogen-bond acceptors (Lipinski definition) is 3. The molecule has 19 heavy (non-hydrogen) atoms. The van der Waals surface area contributed by atoms with Gasteiger partial charge in [-0.05, 0) is 30.5 Å². The van der Waals surface area contributed by atoms with Crippen LogP contribution in [-0.2, 0) is 0 Å². The molecule has 1 aromatic carbocycles. The zero-order valence-electron chi connectivity index (χ0n) is 11.6. The normalized spacial score (nSPS) is 14.3. The average molecular weight is 258 g/mol. The maximum atomic E-state index is 5.68. The highest BCUT2D eigenvalue weighted by atomic mass is 15.3. The molecule has 2 rings (SSSR count). The summed E-state index contributed by atoms with van der Waals surface area (Å²) in [6, 6.07) is 12.2. The van der Waals surface area contributed by atoms with Crippen LogP contribution in [0.1, 0.15) is 38.4 Å². The topological polar surface area (TPSA) is 55.9 Å². The Morgan fingerprint density at radius 2 is 2.00 bits per heavy atom. The number of benzene rings is 1. The van der Waals surface area contributed by atoms with E-state index in [0.717, 1.165) is 24.2 Å². The van der Waals surface area contributed by atoms with Gasteiger partial charge in [0.15, 0.2) is 0 Å². The van der Waals surface area contributed by atoms with Crippen LogP contribution in [0, 0.1) is 5.92 Å². The van der Waals surface area contributed by atoms with E-state index in [9.17, 15) is 0 Å². The van der Waals surface area contributed by atoms with Crippen LogP contribution in [0.2, 0.25) is 0 Å². The predicted molar refractivity (Wildman–Crippen MR) is 77.7 cm³/mol. The Balaban J connectivity index is 2.20. The molecular weight excluding hydrogens is 236 g/mol. The van der Waals surface area contributed by atoms with Crippen LogP contribution in [0.3, 0.4) is 0 Å². The number of aromatic nitrogens is 2. The minimum absolute atomic E-state index is 0.102. The maximum Gasteiger partial charge on any atom is 0.0814 e. The van der Waals surface area contributed by atoms with Gasteiger partial charge in [-0.25, -0.2) is 4.68 Å². The summed E-state index contributed by atoms with van der Waals surface area (Å²) in [5.41, 5.74) is 4.95. The first-order valence-electron chi connectivity index (χ1n) is 6.83. The molecule has 2 aromatic rings. The van der Waals surface area contributed by atoms with Crippen molar-refractivity contribution in [1.29, 1.82) is 0 Å². The van der Waals surface area contributed by atoms with Crippen molar-refractivity contribution in [1.82, 2.24) is 15.2 Å². The predicted octanol–water partition coefficient (Wildman–Crippen LogP) is 2.81. The highest BCUT2D eigenvalue weighted by Gasteiger charge is 2.19. The van der Waals surface area contributed by atoms with Gasteiger partial charge in [0.2, 0.25) is 0 Å². The minimum Gasteiger partial charge on any atom is -0.271 e. The largest absolute Gasteiger partial charge is 0.271 e. The van der Waals surface area contributed by atoms with E-state index in [1.165, 1.54) is 0 Å². The molecule has 102 valence electrons.